The molecule has 0 amide bonds. The van der Waals surface area contributed by atoms with Crippen LogP contribution in [0.5, 0.6) is 0 Å². The van der Waals surface area contributed by atoms with E-state index < -0.39 is 0 Å². The topological polar surface area (TPSA) is 25.2 Å². The molecule has 23 heavy (non-hydrogen) atoms. The summed E-state index contributed by atoms with van der Waals surface area (Å²) < 4.78 is 3.67. The Morgan fingerprint density at radius 1 is 1.35 bits per heavy atom. The highest BCUT2D eigenvalue weighted by atomic mass is 16.3. The largest absolute Gasteiger partial charge is 0.394 e. The van der Waals surface area contributed by atoms with E-state index in [1.807, 2.05) is 0 Å². The van der Waals surface area contributed by atoms with E-state index in [4.69, 9.17) is 0 Å². The quantitative estimate of drug-likeness (QED) is 0.635. The van der Waals surface area contributed by atoms with E-state index in [0.29, 0.717) is 12.0 Å². The molecule has 120 valence electrons. The molecular weight excluding hydrogens is 284 g/mol. The second-order valence-electron chi connectivity index (χ2n) is 7.83. The predicted molar refractivity (Wildman–Crippen MR) is 92.3 cm³/mol. The number of para-hydroxylation sites is 1. The van der Waals surface area contributed by atoms with Crippen molar-refractivity contribution in [3.63, 3.8) is 0 Å². The zero-order valence-corrected chi connectivity index (χ0v) is 14.0. The van der Waals surface area contributed by atoms with Crippen LogP contribution in [0.2, 0.25) is 0 Å². The van der Waals surface area contributed by atoms with Gasteiger partial charge in [-0.15, -0.1) is 0 Å². The molecule has 2 aromatic rings. The summed E-state index contributed by atoms with van der Waals surface area (Å²) in [5.41, 5.74) is 5.97. The van der Waals surface area contributed by atoms with Crippen LogP contribution in [0.4, 0.5) is 0 Å². The molecule has 1 fully saturated rings. The van der Waals surface area contributed by atoms with Crippen LogP contribution in [0.3, 0.4) is 0 Å². The van der Waals surface area contributed by atoms with Gasteiger partial charge in [0, 0.05) is 29.7 Å². The summed E-state index contributed by atoms with van der Waals surface area (Å²) >= 11 is 0. The fourth-order valence-corrected chi connectivity index (χ4v) is 5.73. The second-order valence-corrected chi connectivity index (χ2v) is 7.83. The van der Waals surface area contributed by atoms with E-state index in [0.717, 1.165) is 17.4 Å². The number of fused-ring (bicyclic) bond motifs is 4. The lowest BCUT2D eigenvalue weighted by atomic mass is 9.74. The standard InChI is InChI=1S/C20H25N2O/c1-3-13-11-22(2)9-8-15-14-6-4-5-7-17(14)21-18(12-23)16(13)10-19(22)20(15)21/h3-7,16,18-19,23H,8-12H2,1-2H3/q+1/b13-3-/t16-,18?,19-,22?/m0/s1. The molecule has 0 spiro atoms. The summed E-state index contributed by atoms with van der Waals surface area (Å²) in [7, 11) is 2.44. The van der Waals surface area contributed by atoms with Gasteiger partial charge in [0.1, 0.15) is 12.6 Å². The van der Waals surface area contributed by atoms with E-state index in [-0.39, 0.29) is 12.6 Å². The zero-order chi connectivity index (χ0) is 15.8. The number of aliphatic hydroxyl groups excluding tert-OH is 1. The van der Waals surface area contributed by atoms with Gasteiger partial charge >= 0.3 is 0 Å². The van der Waals surface area contributed by atoms with Gasteiger partial charge < -0.3 is 14.2 Å². The number of likely N-dealkylation sites (N-methyl/N-ethyl adjacent to an activating group) is 1. The number of aliphatic hydroxyl groups is 1. The molecule has 2 unspecified atom stereocenters. The fraction of sp³-hybridized carbons (Fsp3) is 0.500. The summed E-state index contributed by atoms with van der Waals surface area (Å²) in [6.07, 6.45) is 4.68. The molecule has 3 heteroatoms. The highest BCUT2D eigenvalue weighted by molar-refractivity contribution is 5.86. The third-order valence-corrected chi connectivity index (χ3v) is 6.85. The van der Waals surface area contributed by atoms with Crippen LogP contribution in [-0.4, -0.2) is 40.9 Å². The Balaban J connectivity index is 1.88. The Labute approximate surface area is 137 Å². The molecule has 1 saturated heterocycles. The third kappa shape index (κ3) is 1.57. The van der Waals surface area contributed by atoms with Crippen molar-refractivity contribution in [2.24, 2.45) is 5.92 Å². The van der Waals surface area contributed by atoms with Gasteiger partial charge in [-0.2, -0.15) is 0 Å². The van der Waals surface area contributed by atoms with Crippen molar-refractivity contribution in [1.82, 2.24) is 4.57 Å². The van der Waals surface area contributed by atoms with Gasteiger partial charge in [-0.05, 0) is 24.1 Å². The van der Waals surface area contributed by atoms with Gasteiger partial charge in [0.15, 0.2) is 0 Å². The molecule has 4 atom stereocenters. The maximum atomic E-state index is 10.2. The minimum atomic E-state index is 0.206. The first kappa shape index (κ1) is 13.8. The zero-order valence-electron chi connectivity index (χ0n) is 14.0. The lowest BCUT2D eigenvalue weighted by molar-refractivity contribution is -0.943. The van der Waals surface area contributed by atoms with Crippen molar-refractivity contribution in [2.75, 3.05) is 26.7 Å². The van der Waals surface area contributed by atoms with Crippen LogP contribution in [0.1, 0.15) is 36.7 Å². The fourth-order valence-electron chi connectivity index (χ4n) is 5.73. The second kappa shape index (κ2) is 4.49. The van der Waals surface area contributed by atoms with Crippen molar-refractivity contribution >= 4 is 10.9 Å². The Kier molecular flexibility index (Phi) is 2.70. The minimum Gasteiger partial charge on any atom is -0.394 e. The Morgan fingerprint density at radius 2 is 2.17 bits per heavy atom. The molecule has 0 radical (unpaired) electrons. The van der Waals surface area contributed by atoms with Crippen molar-refractivity contribution in [1.29, 1.82) is 0 Å². The first-order chi connectivity index (χ1) is 11.2. The summed E-state index contributed by atoms with van der Waals surface area (Å²) in [5.74, 6) is 0.496. The molecule has 1 aromatic carbocycles. The number of benzene rings is 1. The molecule has 0 aliphatic carbocycles. The van der Waals surface area contributed by atoms with Crippen LogP contribution in [0.25, 0.3) is 10.9 Å². The Bertz CT molecular complexity index is 834. The van der Waals surface area contributed by atoms with Gasteiger partial charge in [-0.3, -0.25) is 0 Å². The smallest absolute Gasteiger partial charge is 0.131 e. The number of piperidine rings is 1. The van der Waals surface area contributed by atoms with Crippen LogP contribution in [0.15, 0.2) is 35.9 Å². The molecule has 5 rings (SSSR count). The summed E-state index contributed by atoms with van der Waals surface area (Å²) in [6.45, 7) is 4.81. The maximum absolute atomic E-state index is 10.2. The summed E-state index contributed by atoms with van der Waals surface area (Å²) in [4.78, 5) is 0. The molecule has 1 aromatic heterocycles. The highest BCUT2D eigenvalue weighted by Gasteiger charge is 2.53. The number of hydrogen-bond acceptors (Lipinski definition) is 1. The number of rotatable bonds is 1. The summed E-state index contributed by atoms with van der Waals surface area (Å²) in [5, 5.41) is 11.6. The normalized spacial score (nSPS) is 36.7. The number of allylic oxidation sites excluding steroid dienone is 1. The first-order valence-electron chi connectivity index (χ1n) is 8.90. The summed E-state index contributed by atoms with van der Waals surface area (Å²) in [6, 6.07) is 9.63. The van der Waals surface area contributed by atoms with Gasteiger partial charge in [0.2, 0.25) is 0 Å². The van der Waals surface area contributed by atoms with Gasteiger partial charge in [0.25, 0.3) is 0 Å². The molecule has 4 heterocycles. The Morgan fingerprint density at radius 3 is 2.96 bits per heavy atom. The van der Waals surface area contributed by atoms with Crippen LogP contribution < -0.4 is 0 Å². The van der Waals surface area contributed by atoms with Gasteiger partial charge in [-0.25, -0.2) is 0 Å². The van der Waals surface area contributed by atoms with E-state index in [1.54, 1.807) is 11.1 Å². The molecule has 0 saturated carbocycles. The molecule has 1 N–H and O–H groups in total. The lowest BCUT2D eigenvalue weighted by Gasteiger charge is -2.55. The SMILES string of the molecule is C/C=C1/C[N+]2(C)CCc3c4n(c5ccccc35)C(CO)[C@H]1C[C@@H]42. The Hall–Kier alpha value is -1.58. The van der Waals surface area contributed by atoms with E-state index in [9.17, 15) is 5.11 Å². The predicted octanol–water partition coefficient (Wildman–Crippen LogP) is 3.20. The molecular formula is C20H25N2O+. The number of nitrogens with zero attached hydrogens (tertiary/aromatic N) is 2. The average molecular weight is 309 g/mol. The van der Waals surface area contributed by atoms with E-state index in [1.165, 1.54) is 29.6 Å². The van der Waals surface area contributed by atoms with Crippen LogP contribution in [-0.2, 0) is 6.42 Å². The van der Waals surface area contributed by atoms with Crippen molar-refractivity contribution in [3.8, 4) is 0 Å². The van der Waals surface area contributed by atoms with Crippen molar-refractivity contribution < 1.29 is 9.59 Å². The van der Waals surface area contributed by atoms with Gasteiger partial charge in [-0.1, -0.05) is 24.3 Å². The van der Waals surface area contributed by atoms with Crippen molar-refractivity contribution in [2.45, 2.75) is 31.8 Å². The van der Waals surface area contributed by atoms with Crippen molar-refractivity contribution in [3.05, 3.63) is 47.2 Å². The molecule has 2 bridgehead atoms. The molecule has 3 aliphatic heterocycles. The minimum absolute atomic E-state index is 0.206. The lowest BCUT2D eigenvalue weighted by Crippen LogP contribution is -2.59. The van der Waals surface area contributed by atoms with Crippen LogP contribution >= 0.6 is 0 Å². The maximum Gasteiger partial charge on any atom is 0.131 e. The number of hydrogen-bond donors (Lipinski definition) is 1. The van der Waals surface area contributed by atoms with Crippen LogP contribution in [0, 0.1) is 5.92 Å². The number of aromatic nitrogens is 1. The first-order valence-corrected chi connectivity index (χ1v) is 8.90. The highest BCUT2D eigenvalue weighted by Crippen LogP contribution is 2.55. The number of quaternary nitrogens is 1. The molecule has 3 nitrogen and oxygen atoms in total. The average Bonchev–Trinajstić information content (AvgIpc) is 2.91. The van der Waals surface area contributed by atoms with E-state index >= 15 is 0 Å². The monoisotopic (exact) mass is 309 g/mol. The van der Waals surface area contributed by atoms with Gasteiger partial charge in [0.05, 0.1) is 31.9 Å². The molecule has 3 aliphatic rings. The van der Waals surface area contributed by atoms with E-state index in [2.05, 4.69) is 48.9 Å². The third-order valence-electron chi connectivity index (χ3n) is 6.85.